The molecule has 0 aromatic carbocycles. The van der Waals surface area contributed by atoms with E-state index in [-0.39, 0.29) is 5.60 Å². The van der Waals surface area contributed by atoms with Crippen molar-refractivity contribution in [2.24, 2.45) is 0 Å². The third-order valence-electron chi connectivity index (χ3n) is 1.91. The Kier molecular flexibility index (Phi) is 2.85. The molecule has 0 aromatic rings. The Morgan fingerprint density at radius 3 is 2.64 bits per heavy atom. The van der Waals surface area contributed by atoms with E-state index in [0.29, 0.717) is 6.61 Å². The minimum Gasteiger partial charge on any atom is -0.381 e. The average molecular weight is 154 g/mol. The first-order valence-electron chi connectivity index (χ1n) is 3.71. The zero-order chi connectivity index (χ0) is 8.16. The molecular weight excluding hydrogens is 140 g/mol. The van der Waals surface area contributed by atoms with Crippen LogP contribution in [0.3, 0.4) is 0 Å². The largest absolute Gasteiger partial charge is 0.381 e. The van der Waals surface area contributed by atoms with Gasteiger partial charge in [0.1, 0.15) is 5.60 Å². The fourth-order valence-electron chi connectivity index (χ4n) is 1.21. The van der Waals surface area contributed by atoms with Crippen LogP contribution < -0.4 is 0 Å². The minimum absolute atomic E-state index is 0.219. The van der Waals surface area contributed by atoms with Crippen molar-refractivity contribution in [1.29, 1.82) is 0 Å². The highest BCUT2D eigenvalue weighted by Crippen LogP contribution is 2.21. The summed E-state index contributed by atoms with van der Waals surface area (Å²) in [6.07, 6.45) is 9.03. The third kappa shape index (κ3) is 1.91. The maximum Gasteiger partial charge on any atom is 0.113 e. The molecule has 1 aliphatic carbocycles. The van der Waals surface area contributed by atoms with Crippen molar-refractivity contribution in [3.8, 4) is 0 Å². The molecule has 0 aliphatic heterocycles. The molecule has 0 amide bonds. The Bertz CT molecular complexity index is 172. The second-order valence-electron chi connectivity index (χ2n) is 2.69. The van der Waals surface area contributed by atoms with Gasteiger partial charge in [-0.05, 0) is 0 Å². The second-order valence-corrected chi connectivity index (χ2v) is 2.69. The number of methoxy groups -OCH3 is 2. The summed E-state index contributed by atoms with van der Waals surface area (Å²) in [5, 5.41) is 0. The van der Waals surface area contributed by atoms with Crippen LogP contribution in [0.25, 0.3) is 0 Å². The van der Waals surface area contributed by atoms with Crippen LogP contribution in [0, 0.1) is 0 Å². The zero-order valence-corrected chi connectivity index (χ0v) is 7.04. The van der Waals surface area contributed by atoms with Crippen molar-refractivity contribution >= 4 is 0 Å². The van der Waals surface area contributed by atoms with Crippen molar-refractivity contribution in [3.63, 3.8) is 0 Å². The molecule has 0 N–H and O–H groups in total. The van der Waals surface area contributed by atoms with E-state index in [1.807, 2.05) is 18.2 Å². The molecule has 1 aliphatic rings. The van der Waals surface area contributed by atoms with Crippen molar-refractivity contribution in [1.82, 2.24) is 0 Å². The summed E-state index contributed by atoms with van der Waals surface area (Å²) in [5.41, 5.74) is -0.219. The summed E-state index contributed by atoms with van der Waals surface area (Å²) in [6.45, 7) is 0.615. The van der Waals surface area contributed by atoms with Crippen LogP contribution in [0.2, 0.25) is 0 Å². The van der Waals surface area contributed by atoms with Gasteiger partial charge in [0, 0.05) is 20.6 Å². The number of ether oxygens (including phenoxy) is 2. The smallest absolute Gasteiger partial charge is 0.113 e. The number of rotatable bonds is 3. The normalized spacial score (nSPS) is 29.3. The van der Waals surface area contributed by atoms with Crippen LogP contribution in [-0.2, 0) is 9.47 Å². The highest BCUT2D eigenvalue weighted by molar-refractivity contribution is 5.18. The summed E-state index contributed by atoms with van der Waals surface area (Å²) in [6, 6.07) is 0. The molecule has 0 saturated heterocycles. The molecule has 0 heterocycles. The fourth-order valence-corrected chi connectivity index (χ4v) is 1.21. The van der Waals surface area contributed by atoms with E-state index in [4.69, 9.17) is 9.47 Å². The van der Waals surface area contributed by atoms with Gasteiger partial charge in [0.15, 0.2) is 0 Å². The van der Waals surface area contributed by atoms with Gasteiger partial charge in [-0.3, -0.25) is 0 Å². The Labute approximate surface area is 67.5 Å². The van der Waals surface area contributed by atoms with E-state index in [1.54, 1.807) is 14.2 Å². The van der Waals surface area contributed by atoms with Crippen molar-refractivity contribution in [2.45, 2.75) is 12.0 Å². The lowest BCUT2D eigenvalue weighted by Crippen LogP contribution is -2.34. The van der Waals surface area contributed by atoms with E-state index in [0.717, 1.165) is 6.42 Å². The summed E-state index contributed by atoms with van der Waals surface area (Å²) in [5.74, 6) is 0. The van der Waals surface area contributed by atoms with Gasteiger partial charge in [0.25, 0.3) is 0 Å². The quantitative estimate of drug-likeness (QED) is 0.613. The van der Waals surface area contributed by atoms with Gasteiger partial charge in [-0.15, -0.1) is 0 Å². The van der Waals surface area contributed by atoms with E-state index < -0.39 is 0 Å². The molecule has 0 bridgehead atoms. The molecular formula is C9H14O2. The van der Waals surface area contributed by atoms with Crippen molar-refractivity contribution < 1.29 is 9.47 Å². The summed E-state index contributed by atoms with van der Waals surface area (Å²) in [7, 11) is 3.40. The van der Waals surface area contributed by atoms with Crippen molar-refractivity contribution in [3.05, 3.63) is 24.3 Å². The van der Waals surface area contributed by atoms with Crippen LogP contribution in [-0.4, -0.2) is 26.4 Å². The lowest BCUT2D eigenvalue weighted by molar-refractivity contribution is -0.0275. The van der Waals surface area contributed by atoms with E-state index >= 15 is 0 Å². The van der Waals surface area contributed by atoms with Gasteiger partial charge in [-0.2, -0.15) is 0 Å². The summed E-state index contributed by atoms with van der Waals surface area (Å²) >= 11 is 0. The van der Waals surface area contributed by atoms with Crippen LogP contribution in [0.1, 0.15) is 6.42 Å². The molecule has 0 aromatic heterocycles. The summed E-state index contributed by atoms with van der Waals surface area (Å²) in [4.78, 5) is 0. The molecule has 0 radical (unpaired) electrons. The highest BCUT2D eigenvalue weighted by Gasteiger charge is 2.25. The monoisotopic (exact) mass is 154 g/mol. The summed E-state index contributed by atoms with van der Waals surface area (Å²) < 4.78 is 10.4. The molecule has 1 atom stereocenters. The highest BCUT2D eigenvalue weighted by atomic mass is 16.5. The van der Waals surface area contributed by atoms with Gasteiger partial charge in [0.05, 0.1) is 6.61 Å². The Morgan fingerprint density at radius 1 is 1.36 bits per heavy atom. The van der Waals surface area contributed by atoms with Gasteiger partial charge in [0.2, 0.25) is 0 Å². The Hall–Kier alpha value is -0.600. The number of allylic oxidation sites excluding steroid dienone is 2. The predicted molar refractivity (Wildman–Crippen MR) is 44.5 cm³/mol. The van der Waals surface area contributed by atoms with E-state index in [9.17, 15) is 0 Å². The standard InChI is InChI=1S/C9H14O2/c1-10-8-9(11-2)6-4-3-5-7-9/h3-6H,7-8H2,1-2H3. The van der Waals surface area contributed by atoms with Gasteiger partial charge < -0.3 is 9.47 Å². The SMILES string of the molecule is COCC1(OC)C=CC=CC1. The van der Waals surface area contributed by atoms with Gasteiger partial charge in [-0.1, -0.05) is 24.3 Å². The van der Waals surface area contributed by atoms with Crippen molar-refractivity contribution in [2.75, 3.05) is 20.8 Å². The van der Waals surface area contributed by atoms with E-state index in [2.05, 4.69) is 6.08 Å². The maximum absolute atomic E-state index is 5.36. The second kappa shape index (κ2) is 3.69. The van der Waals surface area contributed by atoms with Crippen LogP contribution in [0.4, 0.5) is 0 Å². The predicted octanol–water partition coefficient (Wildman–Crippen LogP) is 1.53. The molecule has 2 heteroatoms. The number of hydrogen-bond acceptors (Lipinski definition) is 2. The Morgan fingerprint density at radius 2 is 2.18 bits per heavy atom. The molecule has 1 unspecified atom stereocenters. The van der Waals surface area contributed by atoms with Crippen LogP contribution in [0.5, 0.6) is 0 Å². The average Bonchev–Trinajstić information content (AvgIpc) is 2.07. The lowest BCUT2D eigenvalue weighted by Gasteiger charge is -2.28. The molecule has 0 fully saturated rings. The first-order chi connectivity index (χ1) is 5.33. The first-order valence-corrected chi connectivity index (χ1v) is 3.71. The molecule has 2 nitrogen and oxygen atoms in total. The maximum atomic E-state index is 5.36. The van der Waals surface area contributed by atoms with Gasteiger partial charge >= 0.3 is 0 Å². The molecule has 0 saturated carbocycles. The Balaban J connectivity index is 2.60. The molecule has 11 heavy (non-hydrogen) atoms. The van der Waals surface area contributed by atoms with E-state index in [1.165, 1.54) is 0 Å². The topological polar surface area (TPSA) is 18.5 Å². The zero-order valence-electron chi connectivity index (χ0n) is 7.04. The lowest BCUT2D eigenvalue weighted by atomic mass is 9.96. The molecule has 1 rings (SSSR count). The number of hydrogen-bond donors (Lipinski definition) is 0. The third-order valence-corrected chi connectivity index (χ3v) is 1.91. The van der Waals surface area contributed by atoms with Crippen LogP contribution >= 0.6 is 0 Å². The van der Waals surface area contributed by atoms with Gasteiger partial charge in [-0.25, -0.2) is 0 Å². The molecule has 62 valence electrons. The first kappa shape index (κ1) is 8.50. The minimum atomic E-state index is -0.219. The van der Waals surface area contributed by atoms with Crippen LogP contribution in [0.15, 0.2) is 24.3 Å². The molecule has 0 spiro atoms. The fraction of sp³-hybridized carbons (Fsp3) is 0.556.